The Hall–Kier alpha value is -1.39. The fourth-order valence-electron chi connectivity index (χ4n) is 1.07. The Morgan fingerprint density at radius 2 is 2.57 bits per heavy atom. The first-order valence-electron chi connectivity index (χ1n) is 3.91. The molecular formula is C8H8FN3OS. The molecule has 0 unspecified atom stereocenters. The van der Waals surface area contributed by atoms with E-state index in [1.54, 1.807) is 6.92 Å². The van der Waals surface area contributed by atoms with E-state index in [1.165, 1.54) is 10.7 Å². The number of hydrogen-bond donors (Lipinski definition) is 0. The van der Waals surface area contributed by atoms with Crippen LogP contribution in [0.25, 0.3) is 0 Å². The van der Waals surface area contributed by atoms with Crippen molar-refractivity contribution in [1.82, 2.24) is 9.78 Å². The summed E-state index contributed by atoms with van der Waals surface area (Å²) in [5.74, 6) is -0.547. The van der Waals surface area contributed by atoms with Gasteiger partial charge in [0.05, 0.1) is 17.4 Å². The molecule has 0 aliphatic rings. The average Bonchev–Trinajstić information content (AvgIpc) is 2.48. The average molecular weight is 213 g/mol. The van der Waals surface area contributed by atoms with Crippen molar-refractivity contribution in [1.29, 1.82) is 0 Å². The second-order valence-corrected chi connectivity index (χ2v) is 2.77. The normalized spacial score (nSPS) is 9.57. The summed E-state index contributed by atoms with van der Waals surface area (Å²) < 4.78 is 13.4. The van der Waals surface area contributed by atoms with Gasteiger partial charge in [-0.3, -0.25) is 9.48 Å². The second kappa shape index (κ2) is 4.74. The molecule has 0 saturated heterocycles. The van der Waals surface area contributed by atoms with Gasteiger partial charge in [-0.2, -0.15) is 10.1 Å². The molecule has 0 N–H and O–H groups in total. The minimum atomic E-state index is -0.581. The van der Waals surface area contributed by atoms with Crippen LogP contribution in [0.3, 0.4) is 0 Å². The van der Waals surface area contributed by atoms with Crippen LogP contribution >= 0.6 is 12.2 Å². The minimum Gasteiger partial charge on any atom is -0.264 e. The number of rotatable bonds is 3. The van der Waals surface area contributed by atoms with E-state index >= 15 is 0 Å². The summed E-state index contributed by atoms with van der Waals surface area (Å²) in [6, 6.07) is 1.54. The summed E-state index contributed by atoms with van der Waals surface area (Å²) >= 11 is 4.30. The molecule has 0 atom stereocenters. The lowest BCUT2D eigenvalue weighted by atomic mass is 10.3. The van der Waals surface area contributed by atoms with Gasteiger partial charge in [0.25, 0.3) is 0 Å². The Morgan fingerprint density at radius 1 is 1.86 bits per heavy atom. The number of isothiocyanates is 1. The first-order chi connectivity index (χ1) is 6.69. The smallest absolute Gasteiger partial charge is 0.264 e. The number of hydrogen-bond acceptors (Lipinski definition) is 3. The van der Waals surface area contributed by atoms with E-state index in [0.717, 1.165) is 0 Å². The van der Waals surface area contributed by atoms with Gasteiger partial charge in [0.15, 0.2) is 0 Å². The second-order valence-electron chi connectivity index (χ2n) is 2.59. The van der Waals surface area contributed by atoms with Crippen molar-refractivity contribution >= 4 is 23.3 Å². The quantitative estimate of drug-likeness (QED) is 0.563. The third-order valence-corrected chi connectivity index (χ3v) is 1.66. The van der Waals surface area contributed by atoms with Gasteiger partial charge < -0.3 is 0 Å². The standard InChI is InChI=1S/C8H8FN3OS/c1-6-4-7(8(13)10-5-14)12(11-6)3-2-9/h4H,2-3H2,1H3. The minimum absolute atomic E-state index is 0.0435. The van der Waals surface area contributed by atoms with Crippen LogP contribution in [-0.4, -0.2) is 27.5 Å². The summed E-state index contributed by atoms with van der Waals surface area (Å²) in [5.41, 5.74) is 0.874. The first kappa shape index (κ1) is 10.7. The number of alkyl halides is 1. The Kier molecular flexibility index (Phi) is 3.62. The van der Waals surface area contributed by atoms with E-state index in [4.69, 9.17) is 0 Å². The number of carbonyl (C=O) groups is 1. The van der Waals surface area contributed by atoms with E-state index in [1.807, 2.05) is 5.16 Å². The molecule has 1 rings (SSSR count). The summed E-state index contributed by atoms with van der Waals surface area (Å²) in [4.78, 5) is 14.6. The van der Waals surface area contributed by atoms with Crippen LogP contribution in [0.5, 0.6) is 0 Å². The van der Waals surface area contributed by atoms with Gasteiger partial charge in [0.1, 0.15) is 12.4 Å². The lowest BCUT2D eigenvalue weighted by Crippen LogP contribution is -2.10. The van der Waals surface area contributed by atoms with Crippen molar-refractivity contribution in [3.63, 3.8) is 0 Å². The molecule has 0 fully saturated rings. The third-order valence-electron chi connectivity index (χ3n) is 1.56. The van der Waals surface area contributed by atoms with Crippen molar-refractivity contribution in [3.8, 4) is 0 Å². The predicted molar refractivity (Wildman–Crippen MR) is 52.3 cm³/mol. The Morgan fingerprint density at radius 3 is 3.14 bits per heavy atom. The number of thiocarbonyl (C=S) groups is 1. The van der Waals surface area contributed by atoms with Crippen LogP contribution < -0.4 is 0 Å². The van der Waals surface area contributed by atoms with E-state index in [2.05, 4.69) is 22.3 Å². The van der Waals surface area contributed by atoms with Crippen LogP contribution in [0.1, 0.15) is 16.2 Å². The number of aromatic nitrogens is 2. The molecule has 1 heterocycles. The highest BCUT2D eigenvalue weighted by Crippen LogP contribution is 2.05. The van der Waals surface area contributed by atoms with Gasteiger partial charge in [-0.1, -0.05) is 0 Å². The summed E-state index contributed by atoms with van der Waals surface area (Å²) in [7, 11) is 0. The molecule has 0 saturated carbocycles. The largest absolute Gasteiger partial charge is 0.304 e. The molecule has 1 aromatic rings. The van der Waals surface area contributed by atoms with Gasteiger partial charge in [0, 0.05) is 0 Å². The van der Waals surface area contributed by atoms with Crippen molar-refractivity contribution in [2.45, 2.75) is 13.5 Å². The number of aliphatic imine (C=N–C) groups is 1. The van der Waals surface area contributed by atoms with Gasteiger partial charge in [0.2, 0.25) is 0 Å². The first-order valence-corrected chi connectivity index (χ1v) is 4.32. The molecule has 6 heteroatoms. The van der Waals surface area contributed by atoms with E-state index < -0.39 is 12.6 Å². The molecule has 0 aliphatic carbocycles. The summed E-state index contributed by atoms with van der Waals surface area (Å²) in [6.07, 6.45) is 0. The van der Waals surface area contributed by atoms with Gasteiger partial charge in [-0.05, 0) is 25.2 Å². The highest BCUT2D eigenvalue weighted by Gasteiger charge is 2.12. The van der Waals surface area contributed by atoms with Gasteiger partial charge in [-0.15, -0.1) is 0 Å². The van der Waals surface area contributed by atoms with Crippen LogP contribution in [-0.2, 0) is 6.54 Å². The lowest BCUT2D eigenvalue weighted by Gasteiger charge is -1.99. The zero-order valence-corrected chi connectivity index (χ0v) is 8.34. The van der Waals surface area contributed by atoms with Crippen molar-refractivity contribution < 1.29 is 9.18 Å². The number of carbonyl (C=O) groups excluding carboxylic acids is 1. The summed E-state index contributed by atoms with van der Waals surface area (Å²) in [6.45, 7) is 1.18. The summed E-state index contributed by atoms with van der Waals surface area (Å²) in [5, 5.41) is 5.91. The van der Waals surface area contributed by atoms with Crippen LogP contribution in [0.15, 0.2) is 11.1 Å². The third kappa shape index (κ3) is 2.31. The zero-order chi connectivity index (χ0) is 10.6. The van der Waals surface area contributed by atoms with Crippen molar-refractivity contribution in [2.24, 2.45) is 4.99 Å². The maximum atomic E-state index is 12.1. The monoisotopic (exact) mass is 213 g/mol. The highest BCUT2D eigenvalue weighted by atomic mass is 32.1. The van der Waals surface area contributed by atoms with E-state index in [0.29, 0.717) is 5.69 Å². The van der Waals surface area contributed by atoms with Crippen molar-refractivity contribution in [3.05, 3.63) is 17.5 Å². The molecule has 74 valence electrons. The molecule has 0 radical (unpaired) electrons. The Balaban J connectivity index is 3.05. The zero-order valence-electron chi connectivity index (χ0n) is 7.53. The van der Waals surface area contributed by atoms with Crippen LogP contribution in [0.2, 0.25) is 0 Å². The van der Waals surface area contributed by atoms with E-state index in [9.17, 15) is 9.18 Å². The number of aryl methyl sites for hydroxylation is 2. The Bertz CT molecular complexity index is 395. The molecule has 0 bridgehead atoms. The molecule has 4 nitrogen and oxygen atoms in total. The molecular weight excluding hydrogens is 205 g/mol. The highest BCUT2D eigenvalue weighted by molar-refractivity contribution is 7.78. The number of amides is 1. The Labute approximate surface area is 85.4 Å². The van der Waals surface area contributed by atoms with Crippen molar-refractivity contribution in [2.75, 3.05) is 6.67 Å². The van der Waals surface area contributed by atoms with Crippen LogP contribution in [0, 0.1) is 6.92 Å². The van der Waals surface area contributed by atoms with Crippen LogP contribution in [0.4, 0.5) is 4.39 Å². The van der Waals surface area contributed by atoms with Gasteiger partial charge in [-0.25, -0.2) is 4.39 Å². The van der Waals surface area contributed by atoms with Gasteiger partial charge >= 0.3 is 5.91 Å². The molecule has 1 aromatic heterocycles. The molecule has 0 aromatic carbocycles. The molecule has 14 heavy (non-hydrogen) atoms. The number of nitrogens with zero attached hydrogens (tertiary/aromatic N) is 3. The topological polar surface area (TPSA) is 47.2 Å². The molecule has 0 spiro atoms. The maximum absolute atomic E-state index is 12.1. The maximum Gasteiger partial charge on any atom is 0.304 e. The molecule has 1 amide bonds. The fraction of sp³-hybridized carbons (Fsp3) is 0.375. The predicted octanol–water partition coefficient (Wildman–Crippen LogP) is 1.40. The SMILES string of the molecule is Cc1cc(C(=O)N=C=S)n(CCF)n1. The fourth-order valence-corrected chi connectivity index (χ4v) is 1.15. The molecule has 0 aliphatic heterocycles. The van der Waals surface area contributed by atoms with E-state index in [-0.39, 0.29) is 12.2 Å². The lowest BCUT2D eigenvalue weighted by molar-refractivity contribution is 0.0993. The number of halogens is 1.